The molecule has 0 saturated carbocycles. The van der Waals surface area contributed by atoms with Crippen molar-refractivity contribution < 1.29 is 22.4 Å². The number of hydrogen-bond donors (Lipinski definition) is 2. The summed E-state index contributed by atoms with van der Waals surface area (Å²) in [5.74, 6) is 3.12. The summed E-state index contributed by atoms with van der Waals surface area (Å²) < 4.78 is 51.2. The van der Waals surface area contributed by atoms with E-state index in [2.05, 4.69) is 17.2 Å². The lowest BCUT2D eigenvalue weighted by Gasteiger charge is -2.10. The summed E-state index contributed by atoms with van der Waals surface area (Å²) in [5.41, 5.74) is 2.87. The van der Waals surface area contributed by atoms with Crippen molar-refractivity contribution in [1.82, 2.24) is 5.32 Å². The molecule has 3 nitrogen and oxygen atoms in total. The molecule has 0 radical (unpaired) electrons. The molecule has 1 amide bonds. The van der Waals surface area contributed by atoms with Crippen molar-refractivity contribution in [2.24, 2.45) is 0 Å². The van der Waals surface area contributed by atoms with E-state index in [0.717, 1.165) is 0 Å². The molecular weight excluding hydrogens is 264 g/mol. The first-order chi connectivity index (χ1) is 8.71. The van der Waals surface area contributed by atoms with Crippen LogP contribution in [0.3, 0.4) is 0 Å². The lowest BCUT2D eigenvalue weighted by molar-refractivity contribution is -0.137. The Morgan fingerprint density at radius 3 is 2.58 bits per heavy atom. The smallest absolute Gasteiger partial charge is 0.396 e. The maximum atomic E-state index is 13.2. The van der Waals surface area contributed by atoms with Gasteiger partial charge in [-0.25, -0.2) is 4.39 Å². The van der Waals surface area contributed by atoms with Crippen LogP contribution in [0.4, 0.5) is 23.2 Å². The van der Waals surface area contributed by atoms with E-state index >= 15 is 0 Å². The fourth-order valence-corrected chi connectivity index (χ4v) is 1.24. The number of halogens is 4. The molecule has 3 N–H and O–H groups in total. The van der Waals surface area contributed by atoms with E-state index in [4.69, 9.17) is 5.73 Å². The van der Waals surface area contributed by atoms with E-state index in [-0.39, 0.29) is 12.5 Å². The number of benzene rings is 1. The van der Waals surface area contributed by atoms with Gasteiger partial charge in [-0.15, -0.1) is 0 Å². The average molecular weight is 274 g/mol. The third-order valence-corrected chi connectivity index (χ3v) is 2.09. The number of amides is 1. The van der Waals surface area contributed by atoms with Crippen LogP contribution in [0.1, 0.15) is 18.1 Å². The van der Waals surface area contributed by atoms with Crippen LogP contribution in [-0.4, -0.2) is 12.5 Å². The van der Waals surface area contributed by atoms with Gasteiger partial charge < -0.3 is 11.1 Å². The summed E-state index contributed by atoms with van der Waals surface area (Å²) in [6, 6.07) is 1.12. The Morgan fingerprint density at radius 2 is 2.05 bits per heavy atom. The highest BCUT2D eigenvalue weighted by Gasteiger charge is 2.34. The quantitative estimate of drug-likeness (QED) is 0.467. The molecule has 0 atom stereocenters. The summed E-state index contributed by atoms with van der Waals surface area (Å²) in [5, 5.41) is 2.29. The maximum Gasteiger partial charge on any atom is 0.417 e. The molecule has 0 aliphatic carbocycles. The Balaban J connectivity index is 3.11. The van der Waals surface area contributed by atoms with Gasteiger partial charge in [0.2, 0.25) is 5.91 Å². The van der Waals surface area contributed by atoms with Crippen LogP contribution in [0, 0.1) is 17.7 Å². The summed E-state index contributed by atoms with van der Waals surface area (Å²) in [6.07, 6.45) is -4.68. The minimum Gasteiger partial charge on any atom is -0.396 e. The summed E-state index contributed by atoms with van der Waals surface area (Å²) in [6.45, 7) is 1.12. The minimum atomic E-state index is -4.68. The van der Waals surface area contributed by atoms with E-state index < -0.39 is 28.8 Å². The molecule has 19 heavy (non-hydrogen) atoms. The monoisotopic (exact) mass is 274 g/mol. The molecule has 102 valence electrons. The normalized spacial score (nSPS) is 10.6. The van der Waals surface area contributed by atoms with Gasteiger partial charge in [0.1, 0.15) is 5.82 Å². The second-order valence-electron chi connectivity index (χ2n) is 3.63. The lowest BCUT2D eigenvalue weighted by Crippen LogP contribution is -2.19. The van der Waals surface area contributed by atoms with Gasteiger partial charge in [-0.2, -0.15) is 13.2 Å². The first kappa shape index (κ1) is 14.8. The Kier molecular flexibility index (Phi) is 4.38. The molecule has 0 aliphatic rings. The van der Waals surface area contributed by atoms with Crippen LogP contribution in [0.5, 0.6) is 0 Å². The van der Waals surface area contributed by atoms with Crippen LogP contribution in [0.25, 0.3) is 0 Å². The van der Waals surface area contributed by atoms with Crippen molar-refractivity contribution in [3.63, 3.8) is 0 Å². The number of carbonyl (C=O) groups excluding carboxylic acids is 1. The third-order valence-electron chi connectivity index (χ3n) is 2.09. The Labute approximate surface area is 106 Å². The van der Waals surface area contributed by atoms with E-state index in [1.165, 1.54) is 6.92 Å². The second kappa shape index (κ2) is 5.61. The van der Waals surface area contributed by atoms with Gasteiger partial charge in [0, 0.05) is 12.5 Å². The zero-order valence-corrected chi connectivity index (χ0v) is 9.86. The maximum absolute atomic E-state index is 13.2. The van der Waals surface area contributed by atoms with E-state index in [1.807, 2.05) is 0 Å². The first-order valence-electron chi connectivity index (χ1n) is 5.11. The highest BCUT2D eigenvalue weighted by atomic mass is 19.4. The van der Waals surface area contributed by atoms with Gasteiger partial charge in [-0.05, 0) is 12.1 Å². The summed E-state index contributed by atoms with van der Waals surface area (Å²) in [7, 11) is 0. The van der Waals surface area contributed by atoms with Crippen LogP contribution in [0.2, 0.25) is 0 Å². The van der Waals surface area contributed by atoms with Crippen molar-refractivity contribution in [3.05, 3.63) is 29.1 Å². The summed E-state index contributed by atoms with van der Waals surface area (Å²) >= 11 is 0. The molecule has 1 aromatic rings. The fraction of sp³-hybridized carbons (Fsp3) is 0.250. The number of anilines is 1. The molecule has 1 aromatic carbocycles. The predicted octanol–water partition coefficient (Wildman–Crippen LogP) is 1.91. The van der Waals surface area contributed by atoms with Gasteiger partial charge in [0.25, 0.3) is 0 Å². The van der Waals surface area contributed by atoms with Crippen molar-refractivity contribution in [2.45, 2.75) is 13.1 Å². The highest BCUT2D eigenvalue weighted by Crippen LogP contribution is 2.33. The van der Waals surface area contributed by atoms with Crippen molar-refractivity contribution in [1.29, 1.82) is 0 Å². The molecule has 0 aromatic heterocycles. The number of rotatable bonds is 1. The topological polar surface area (TPSA) is 55.1 Å². The molecular formula is C12H10F4N2O. The standard InChI is InChI=1S/C12H10F4N2O/c1-7(19)18-4-2-3-8-5-10(13)11(17)6-9(8)12(14,15)16/h5-6H,4,17H2,1H3,(H,18,19). The zero-order chi connectivity index (χ0) is 14.6. The highest BCUT2D eigenvalue weighted by molar-refractivity contribution is 5.73. The first-order valence-corrected chi connectivity index (χ1v) is 5.11. The molecule has 1 rings (SSSR count). The molecule has 0 fully saturated rings. The Bertz CT molecular complexity index is 555. The molecule has 0 bridgehead atoms. The van der Waals surface area contributed by atoms with Gasteiger partial charge in [-0.1, -0.05) is 11.8 Å². The Hall–Kier alpha value is -2.23. The number of nitrogens with two attached hydrogens (primary N) is 1. The van der Waals surface area contributed by atoms with Crippen molar-refractivity contribution in [2.75, 3.05) is 12.3 Å². The number of nitrogens with one attached hydrogen (secondary N) is 1. The Morgan fingerprint density at radius 1 is 1.42 bits per heavy atom. The predicted molar refractivity (Wildman–Crippen MR) is 61.4 cm³/mol. The molecule has 0 unspecified atom stereocenters. The van der Waals surface area contributed by atoms with E-state index in [9.17, 15) is 22.4 Å². The van der Waals surface area contributed by atoms with Gasteiger partial charge in [0.05, 0.1) is 17.8 Å². The molecule has 0 heterocycles. The van der Waals surface area contributed by atoms with E-state index in [1.54, 1.807) is 0 Å². The number of hydrogen-bond acceptors (Lipinski definition) is 2. The second-order valence-corrected chi connectivity index (χ2v) is 3.63. The van der Waals surface area contributed by atoms with Crippen LogP contribution in [-0.2, 0) is 11.0 Å². The van der Waals surface area contributed by atoms with Crippen LogP contribution in [0.15, 0.2) is 12.1 Å². The fourth-order valence-electron chi connectivity index (χ4n) is 1.24. The summed E-state index contributed by atoms with van der Waals surface area (Å²) in [4.78, 5) is 10.5. The lowest BCUT2D eigenvalue weighted by atomic mass is 10.1. The van der Waals surface area contributed by atoms with Crippen molar-refractivity contribution >= 4 is 11.6 Å². The van der Waals surface area contributed by atoms with Gasteiger partial charge in [0.15, 0.2) is 0 Å². The third kappa shape index (κ3) is 4.17. The molecule has 0 aliphatic heterocycles. The van der Waals surface area contributed by atoms with E-state index in [0.29, 0.717) is 12.1 Å². The SMILES string of the molecule is CC(=O)NCC#Cc1cc(F)c(N)cc1C(F)(F)F. The largest absolute Gasteiger partial charge is 0.417 e. The molecule has 7 heteroatoms. The van der Waals surface area contributed by atoms with Crippen molar-refractivity contribution in [3.8, 4) is 11.8 Å². The number of alkyl halides is 3. The van der Waals surface area contributed by atoms with Crippen LogP contribution < -0.4 is 11.1 Å². The molecule has 0 saturated heterocycles. The average Bonchev–Trinajstić information content (AvgIpc) is 2.27. The molecule has 0 spiro atoms. The zero-order valence-electron chi connectivity index (χ0n) is 9.86. The minimum absolute atomic E-state index is 0.126. The van der Waals surface area contributed by atoms with Crippen LogP contribution >= 0.6 is 0 Å². The van der Waals surface area contributed by atoms with Gasteiger partial charge >= 0.3 is 6.18 Å². The number of nitrogen functional groups attached to an aromatic ring is 1. The van der Waals surface area contributed by atoms with Gasteiger partial charge in [-0.3, -0.25) is 4.79 Å². The number of carbonyl (C=O) groups is 1.